The molecular formula is C10H13N3. The molecule has 0 aliphatic rings. The van der Waals surface area contributed by atoms with Gasteiger partial charge in [-0.2, -0.15) is 0 Å². The van der Waals surface area contributed by atoms with E-state index in [2.05, 4.69) is 18.8 Å². The Morgan fingerprint density at radius 2 is 2.23 bits per heavy atom. The van der Waals surface area contributed by atoms with Crippen molar-refractivity contribution in [1.82, 2.24) is 9.66 Å². The molecule has 2 aromatic heterocycles. The highest BCUT2D eigenvalue weighted by Gasteiger charge is 2.08. The molecule has 0 aliphatic carbocycles. The molecule has 3 nitrogen and oxygen atoms in total. The Morgan fingerprint density at radius 3 is 2.92 bits per heavy atom. The third-order valence-electron chi connectivity index (χ3n) is 2.29. The predicted molar refractivity (Wildman–Crippen MR) is 54.0 cm³/mol. The number of hydrogen-bond donors (Lipinski definition) is 1. The van der Waals surface area contributed by atoms with Gasteiger partial charge >= 0.3 is 0 Å². The Balaban J connectivity index is 2.78. The highest BCUT2D eigenvalue weighted by Crippen LogP contribution is 2.24. The van der Waals surface area contributed by atoms with Gasteiger partial charge in [0.25, 0.3) is 0 Å². The fourth-order valence-corrected chi connectivity index (χ4v) is 1.58. The molecule has 2 N–H and O–H groups in total. The lowest BCUT2D eigenvalue weighted by molar-refractivity contribution is 0.866. The minimum Gasteiger partial charge on any atom is -0.339 e. The van der Waals surface area contributed by atoms with Gasteiger partial charge in [-0.3, -0.25) is 9.66 Å². The molecule has 0 aliphatic heterocycles. The Morgan fingerprint density at radius 1 is 1.46 bits per heavy atom. The number of pyridine rings is 1. The van der Waals surface area contributed by atoms with Gasteiger partial charge in [0, 0.05) is 24.0 Å². The Bertz CT molecular complexity index is 429. The quantitative estimate of drug-likeness (QED) is 0.672. The second kappa shape index (κ2) is 2.76. The zero-order chi connectivity index (χ0) is 9.42. The summed E-state index contributed by atoms with van der Waals surface area (Å²) < 4.78 is 1.66. The van der Waals surface area contributed by atoms with Gasteiger partial charge in [0.15, 0.2) is 0 Å². The van der Waals surface area contributed by atoms with Crippen molar-refractivity contribution in [2.24, 2.45) is 0 Å². The van der Waals surface area contributed by atoms with E-state index in [1.165, 1.54) is 5.56 Å². The second-order valence-corrected chi connectivity index (χ2v) is 3.54. The maximum Gasteiger partial charge on any atom is 0.0723 e. The van der Waals surface area contributed by atoms with Crippen LogP contribution in [0.1, 0.15) is 25.3 Å². The van der Waals surface area contributed by atoms with Crippen LogP contribution in [0.4, 0.5) is 0 Å². The maximum absolute atomic E-state index is 5.80. The molecule has 0 fully saturated rings. The van der Waals surface area contributed by atoms with Crippen LogP contribution in [-0.4, -0.2) is 9.66 Å². The van der Waals surface area contributed by atoms with Crippen molar-refractivity contribution in [3.63, 3.8) is 0 Å². The van der Waals surface area contributed by atoms with Crippen molar-refractivity contribution in [2.45, 2.75) is 19.8 Å². The number of nitrogen functional groups attached to an aromatic ring is 1. The lowest BCUT2D eigenvalue weighted by Crippen LogP contribution is -2.05. The van der Waals surface area contributed by atoms with Crippen LogP contribution in [0.2, 0.25) is 0 Å². The molecule has 2 aromatic rings. The standard InChI is InChI=1S/C10H13N3/c1-7(2)9-6-13(11)10-3-4-12-5-8(9)10/h3-7H,11H2,1-2H3. The van der Waals surface area contributed by atoms with Gasteiger partial charge in [0.05, 0.1) is 5.52 Å². The fraction of sp³-hybridized carbons (Fsp3) is 0.300. The Labute approximate surface area is 77.2 Å². The van der Waals surface area contributed by atoms with Gasteiger partial charge in [0.2, 0.25) is 0 Å². The highest BCUT2D eigenvalue weighted by molar-refractivity contribution is 5.83. The van der Waals surface area contributed by atoms with Crippen molar-refractivity contribution >= 4 is 10.9 Å². The number of rotatable bonds is 1. The van der Waals surface area contributed by atoms with Crippen molar-refractivity contribution in [1.29, 1.82) is 0 Å². The summed E-state index contributed by atoms with van der Waals surface area (Å²) in [6, 6.07) is 1.93. The zero-order valence-electron chi connectivity index (χ0n) is 7.86. The van der Waals surface area contributed by atoms with Gasteiger partial charge in [-0.25, -0.2) is 0 Å². The molecule has 13 heavy (non-hydrogen) atoms. The van der Waals surface area contributed by atoms with Gasteiger partial charge in [-0.1, -0.05) is 13.8 Å². The van der Waals surface area contributed by atoms with Gasteiger partial charge in [0.1, 0.15) is 0 Å². The van der Waals surface area contributed by atoms with E-state index in [0.717, 1.165) is 10.9 Å². The zero-order valence-corrected chi connectivity index (χ0v) is 7.86. The van der Waals surface area contributed by atoms with Crippen LogP contribution < -0.4 is 5.84 Å². The molecule has 2 rings (SSSR count). The Hall–Kier alpha value is -1.51. The van der Waals surface area contributed by atoms with Crippen molar-refractivity contribution < 1.29 is 0 Å². The molecule has 0 radical (unpaired) electrons. The van der Waals surface area contributed by atoms with E-state index in [0.29, 0.717) is 5.92 Å². The van der Waals surface area contributed by atoms with E-state index in [9.17, 15) is 0 Å². The minimum atomic E-state index is 0.483. The van der Waals surface area contributed by atoms with Crippen LogP contribution in [0.25, 0.3) is 10.9 Å². The molecule has 0 unspecified atom stereocenters. The summed E-state index contributed by atoms with van der Waals surface area (Å²) in [5.41, 5.74) is 2.30. The third kappa shape index (κ3) is 1.16. The smallest absolute Gasteiger partial charge is 0.0723 e. The minimum absolute atomic E-state index is 0.483. The fourth-order valence-electron chi connectivity index (χ4n) is 1.58. The van der Waals surface area contributed by atoms with Crippen molar-refractivity contribution in [3.8, 4) is 0 Å². The van der Waals surface area contributed by atoms with Gasteiger partial charge in [-0.05, 0) is 17.5 Å². The molecule has 68 valence electrons. The summed E-state index contributed by atoms with van der Waals surface area (Å²) in [6.07, 6.45) is 5.60. The van der Waals surface area contributed by atoms with E-state index in [1.54, 1.807) is 10.9 Å². The number of hydrogen-bond acceptors (Lipinski definition) is 2. The highest BCUT2D eigenvalue weighted by atomic mass is 15.3. The number of nitrogens with two attached hydrogens (primary N) is 1. The van der Waals surface area contributed by atoms with E-state index in [4.69, 9.17) is 5.84 Å². The van der Waals surface area contributed by atoms with Crippen LogP contribution in [0, 0.1) is 0 Å². The third-order valence-corrected chi connectivity index (χ3v) is 2.29. The normalized spacial score (nSPS) is 11.3. The van der Waals surface area contributed by atoms with E-state index >= 15 is 0 Å². The average Bonchev–Trinajstić information content (AvgIpc) is 2.45. The summed E-state index contributed by atoms with van der Waals surface area (Å²) in [5, 5.41) is 1.15. The van der Waals surface area contributed by atoms with Crippen LogP contribution in [0.3, 0.4) is 0 Å². The van der Waals surface area contributed by atoms with Crippen LogP contribution in [-0.2, 0) is 0 Å². The second-order valence-electron chi connectivity index (χ2n) is 3.54. The van der Waals surface area contributed by atoms with Crippen LogP contribution >= 0.6 is 0 Å². The Kier molecular flexibility index (Phi) is 1.72. The van der Waals surface area contributed by atoms with Gasteiger partial charge < -0.3 is 5.84 Å². The number of aromatic nitrogens is 2. The first-order chi connectivity index (χ1) is 6.20. The first kappa shape index (κ1) is 8.10. The first-order valence-electron chi connectivity index (χ1n) is 4.40. The molecule has 0 amide bonds. The van der Waals surface area contributed by atoms with Crippen molar-refractivity contribution in [3.05, 3.63) is 30.2 Å². The maximum atomic E-state index is 5.80. The summed E-state index contributed by atoms with van der Waals surface area (Å²) in [5.74, 6) is 6.29. The van der Waals surface area contributed by atoms with Crippen LogP contribution in [0.15, 0.2) is 24.7 Å². The molecule has 0 saturated heterocycles. The monoisotopic (exact) mass is 175 g/mol. The average molecular weight is 175 g/mol. The molecule has 0 atom stereocenters. The molecule has 3 heteroatoms. The molecule has 0 aromatic carbocycles. The first-order valence-corrected chi connectivity index (χ1v) is 4.40. The summed E-state index contributed by atoms with van der Waals surface area (Å²) in [4.78, 5) is 4.10. The molecule has 0 saturated carbocycles. The number of fused-ring (bicyclic) bond motifs is 1. The van der Waals surface area contributed by atoms with E-state index in [1.807, 2.05) is 18.5 Å². The van der Waals surface area contributed by atoms with E-state index in [-0.39, 0.29) is 0 Å². The number of nitrogens with zero attached hydrogens (tertiary/aromatic N) is 2. The predicted octanol–water partition coefficient (Wildman–Crippen LogP) is 1.87. The molecule has 2 heterocycles. The van der Waals surface area contributed by atoms with Gasteiger partial charge in [-0.15, -0.1) is 0 Å². The molecule has 0 spiro atoms. The molecule has 0 bridgehead atoms. The summed E-state index contributed by atoms with van der Waals surface area (Å²) >= 11 is 0. The lowest BCUT2D eigenvalue weighted by atomic mass is 10.0. The largest absolute Gasteiger partial charge is 0.339 e. The SMILES string of the molecule is CC(C)c1cn(N)c2ccncc12. The topological polar surface area (TPSA) is 43.8 Å². The molecular weight excluding hydrogens is 162 g/mol. The lowest BCUT2D eigenvalue weighted by Gasteiger charge is -2.00. The summed E-state index contributed by atoms with van der Waals surface area (Å²) in [6.45, 7) is 4.31. The summed E-state index contributed by atoms with van der Waals surface area (Å²) in [7, 11) is 0. The van der Waals surface area contributed by atoms with E-state index < -0.39 is 0 Å². The van der Waals surface area contributed by atoms with Crippen molar-refractivity contribution in [2.75, 3.05) is 5.84 Å². The van der Waals surface area contributed by atoms with Crippen LogP contribution in [0.5, 0.6) is 0 Å².